The van der Waals surface area contributed by atoms with Crippen LogP contribution < -0.4 is 10.5 Å². The molecule has 1 aromatic carbocycles. The van der Waals surface area contributed by atoms with E-state index in [1.54, 1.807) is 16.6 Å². The van der Waals surface area contributed by atoms with Gasteiger partial charge in [0.2, 0.25) is 0 Å². The van der Waals surface area contributed by atoms with Gasteiger partial charge in [0.05, 0.1) is 6.20 Å². The van der Waals surface area contributed by atoms with Crippen molar-refractivity contribution in [3.63, 3.8) is 0 Å². The lowest BCUT2D eigenvalue weighted by molar-refractivity contribution is 0.768. The minimum atomic E-state index is 0.763. The summed E-state index contributed by atoms with van der Waals surface area (Å²) in [5, 5.41) is 4.15. The summed E-state index contributed by atoms with van der Waals surface area (Å²) in [6.45, 7) is 0. The van der Waals surface area contributed by atoms with Gasteiger partial charge in [-0.25, -0.2) is 0 Å². The first-order valence-electron chi connectivity index (χ1n) is 4.92. The third-order valence-electron chi connectivity index (χ3n) is 2.19. The third-order valence-corrected chi connectivity index (χ3v) is 2.86. The van der Waals surface area contributed by atoms with Crippen molar-refractivity contribution in [1.82, 2.24) is 14.5 Å². The van der Waals surface area contributed by atoms with Gasteiger partial charge in [-0.3, -0.25) is 9.40 Å². The van der Waals surface area contributed by atoms with E-state index in [4.69, 9.17) is 5.73 Å². The monoisotopic (exact) mass is 234 g/mol. The highest BCUT2D eigenvalue weighted by atomic mass is 32.2. The van der Waals surface area contributed by atoms with E-state index in [0.29, 0.717) is 0 Å². The van der Waals surface area contributed by atoms with Crippen LogP contribution in [0.1, 0.15) is 0 Å². The van der Waals surface area contributed by atoms with Crippen molar-refractivity contribution in [3.8, 4) is 11.1 Å². The average Bonchev–Trinajstić information content (AvgIpc) is 2.64. The van der Waals surface area contributed by atoms with E-state index in [1.165, 1.54) is 0 Å². The van der Waals surface area contributed by atoms with Gasteiger partial charge in [-0.15, -0.1) is 0 Å². The molecule has 1 heterocycles. The fourth-order valence-corrected chi connectivity index (χ4v) is 2.15. The molecule has 0 bridgehead atoms. The third kappa shape index (κ3) is 2.37. The average molecular weight is 234 g/mol. The van der Waals surface area contributed by atoms with Crippen molar-refractivity contribution in [3.05, 3.63) is 30.6 Å². The molecule has 0 saturated carbocycles. The number of benzene rings is 1. The number of anilines is 1. The highest BCUT2D eigenvalue weighted by Gasteiger charge is 2.03. The van der Waals surface area contributed by atoms with Gasteiger partial charge in [-0.05, 0) is 42.8 Å². The zero-order valence-corrected chi connectivity index (χ0v) is 10.1. The van der Waals surface area contributed by atoms with Gasteiger partial charge < -0.3 is 5.73 Å². The fraction of sp³-hybridized carbons (Fsp3) is 0.182. The van der Waals surface area contributed by atoms with Crippen molar-refractivity contribution >= 4 is 17.6 Å². The Morgan fingerprint density at radius 1 is 1.31 bits per heavy atom. The summed E-state index contributed by atoms with van der Waals surface area (Å²) < 4.78 is 4.82. The molecule has 0 unspecified atom stereocenters. The summed E-state index contributed by atoms with van der Waals surface area (Å²) in [7, 11) is 3.79. The Hall–Kier alpha value is -1.46. The molecular weight excluding hydrogens is 220 g/mol. The van der Waals surface area contributed by atoms with Crippen LogP contribution in [0.25, 0.3) is 11.1 Å². The Morgan fingerprint density at radius 3 is 2.75 bits per heavy atom. The van der Waals surface area contributed by atoms with Gasteiger partial charge in [0.25, 0.3) is 0 Å². The van der Waals surface area contributed by atoms with E-state index in [9.17, 15) is 0 Å². The lowest BCUT2D eigenvalue weighted by atomic mass is 10.1. The number of hydrogen-bond acceptors (Lipinski definition) is 4. The lowest BCUT2D eigenvalue weighted by Crippen LogP contribution is -1.93. The molecule has 0 spiro atoms. The van der Waals surface area contributed by atoms with Gasteiger partial charge >= 0.3 is 0 Å². The highest BCUT2D eigenvalue weighted by molar-refractivity contribution is 7.97. The maximum absolute atomic E-state index is 5.87. The molecule has 2 aromatic rings. The van der Waals surface area contributed by atoms with E-state index in [0.717, 1.165) is 21.7 Å². The first-order chi connectivity index (χ1) is 7.69. The van der Waals surface area contributed by atoms with Crippen molar-refractivity contribution < 1.29 is 0 Å². The molecule has 0 fully saturated rings. The Balaban J connectivity index is 2.40. The quantitative estimate of drug-likeness (QED) is 0.629. The Labute approximate surface area is 99.0 Å². The second kappa shape index (κ2) is 4.59. The largest absolute Gasteiger partial charge is 0.399 e. The maximum atomic E-state index is 5.87. The van der Waals surface area contributed by atoms with Crippen LogP contribution in [0.2, 0.25) is 0 Å². The van der Waals surface area contributed by atoms with Crippen LogP contribution in [0.3, 0.4) is 0 Å². The van der Waals surface area contributed by atoms with E-state index >= 15 is 0 Å². The van der Waals surface area contributed by atoms with Crippen LogP contribution in [-0.4, -0.2) is 16.8 Å². The highest BCUT2D eigenvalue weighted by Crippen LogP contribution is 2.27. The molecule has 16 heavy (non-hydrogen) atoms. The SMILES string of the molecule is CNSc1cc(N)cc(-c2cnn(C)c2)c1. The van der Waals surface area contributed by atoms with Gasteiger partial charge in [-0.1, -0.05) is 0 Å². The van der Waals surface area contributed by atoms with Crippen molar-refractivity contribution in [1.29, 1.82) is 0 Å². The molecule has 0 aliphatic rings. The molecule has 0 atom stereocenters. The van der Waals surface area contributed by atoms with Crippen molar-refractivity contribution in [2.24, 2.45) is 7.05 Å². The fourth-order valence-electron chi connectivity index (χ4n) is 1.54. The van der Waals surface area contributed by atoms with E-state index in [-0.39, 0.29) is 0 Å². The second-order valence-corrected chi connectivity index (χ2v) is 4.58. The number of hydrogen-bond donors (Lipinski definition) is 2. The van der Waals surface area contributed by atoms with E-state index < -0.39 is 0 Å². The van der Waals surface area contributed by atoms with Gasteiger partial charge in [0.15, 0.2) is 0 Å². The minimum Gasteiger partial charge on any atom is -0.399 e. The molecule has 2 rings (SSSR count). The minimum absolute atomic E-state index is 0.763. The van der Waals surface area contributed by atoms with Crippen LogP contribution in [0, 0.1) is 0 Å². The number of nitrogen functional groups attached to an aromatic ring is 1. The van der Waals surface area contributed by atoms with Crippen LogP contribution in [0.15, 0.2) is 35.5 Å². The normalized spacial score (nSPS) is 10.6. The molecular formula is C11H14N4S. The van der Waals surface area contributed by atoms with Crippen LogP contribution in [0.4, 0.5) is 5.69 Å². The molecule has 5 heteroatoms. The molecule has 4 nitrogen and oxygen atoms in total. The summed E-state index contributed by atoms with van der Waals surface area (Å²) >= 11 is 1.55. The van der Waals surface area contributed by atoms with Crippen LogP contribution >= 0.6 is 11.9 Å². The van der Waals surface area contributed by atoms with E-state index in [1.807, 2.05) is 38.6 Å². The molecule has 0 aliphatic carbocycles. The number of rotatable bonds is 3. The van der Waals surface area contributed by atoms with E-state index in [2.05, 4.69) is 15.9 Å². The molecule has 3 N–H and O–H groups in total. The summed E-state index contributed by atoms with van der Waals surface area (Å²) in [5.41, 5.74) is 8.79. The molecule has 0 amide bonds. The summed E-state index contributed by atoms with van der Waals surface area (Å²) in [6, 6.07) is 5.99. The Morgan fingerprint density at radius 2 is 2.12 bits per heavy atom. The first-order valence-corrected chi connectivity index (χ1v) is 5.74. The number of nitrogens with two attached hydrogens (primary N) is 1. The van der Waals surface area contributed by atoms with Crippen LogP contribution in [0.5, 0.6) is 0 Å². The number of aryl methyl sites for hydroxylation is 1. The number of nitrogens with zero attached hydrogens (tertiary/aromatic N) is 2. The maximum Gasteiger partial charge on any atom is 0.0568 e. The standard InChI is InChI=1S/C11H14N4S/c1-13-16-11-4-8(3-10(12)5-11)9-6-14-15(2)7-9/h3-7,13H,12H2,1-2H3. The number of aromatic nitrogens is 2. The van der Waals surface area contributed by atoms with Gasteiger partial charge in [0, 0.05) is 29.4 Å². The van der Waals surface area contributed by atoms with Gasteiger partial charge in [0.1, 0.15) is 0 Å². The zero-order valence-electron chi connectivity index (χ0n) is 9.27. The van der Waals surface area contributed by atoms with Crippen molar-refractivity contribution in [2.45, 2.75) is 4.90 Å². The lowest BCUT2D eigenvalue weighted by Gasteiger charge is -2.04. The molecule has 0 saturated heterocycles. The molecule has 1 aromatic heterocycles. The summed E-state index contributed by atoms with van der Waals surface area (Å²) in [4.78, 5) is 1.10. The summed E-state index contributed by atoms with van der Waals surface area (Å²) in [5.74, 6) is 0. The topological polar surface area (TPSA) is 55.9 Å². The second-order valence-electron chi connectivity index (χ2n) is 3.50. The summed E-state index contributed by atoms with van der Waals surface area (Å²) in [6.07, 6.45) is 3.81. The Kier molecular flexibility index (Phi) is 3.17. The predicted molar refractivity (Wildman–Crippen MR) is 68.0 cm³/mol. The first kappa shape index (κ1) is 11.0. The van der Waals surface area contributed by atoms with Crippen LogP contribution in [-0.2, 0) is 7.05 Å². The molecule has 0 aliphatic heterocycles. The smallest absolute Gasteiger partial charge is 0.0568 e. The molecule has 84 valence electrons. The van der Waals surface area contributed by atoms with Gasteiger partial charge in [-0.2, -0.15) is 5.10 Å². The zero-order chi connectivity index (χ0) is 11.5. The predicted octanol–water partition coefficient (Wildman–Crippen LogP) is 1.90. The number of nitrogens with one attached hydrogen (secondary N) is 1. The molecule has 0 radical (unpaired) electrons. The Bertz CT molecular complexity index is 492. The van der Waals surface area contributed by atoms with Crippen molar-refractivity contribution in [2.75, 3.05) is 12.8 Å².